The van der Waals surface area contributed by atoms with Gasteiger partial charge in [0.05, 0.1) is 44.2 Å². The van der Waals surface area contributed by atoms with Crippen molar-refractivity contribution in [1.82, 2.24) is 0 Å². The van der Waals surface area contributed by atoms with Crippen LogP contribution in [-0.2, 0) is 9.47 Å². The minimum Gasteiger partial charge on any atom is -0.465 e. The number of esters is 1. The minimum absolute atomic E-state index is 0.00446. The van der Waals surface area contributed by atoms with Crippen molar-refractivity contribution < 1.29 is 19.4 Å². The number of ether oxygens (including phenoxy) is 2. The molecule has 0 saturated carbocycles. The second-order valence-corrected chi connectivity index (χ2v) is 4.11. The van der Waals surface area contributed by atoms with Crippen LogP contribution in [0.4, 0.5) is 5.69 Å². The highest BCUT2D eigenvalue weighted by Gasteiger charge is 2.26. The average molecular weight is 251 g/mol. The fourth-order valence-corrected chi connectivity index (χ4v) is 2.13. The Morgan fingerprint density at radius 3 is 3.06 bits per heavy atom. The highest BCUT2D eigenvalue weighted by molar-refractivity contribution is 5.95. The molecule has 0 bridgehead atoms. The van der Waals surface area contributed by atoms with Gasteiger partial charge in [0, 0.05) is 6.54 Å². The molecule has 0 amide bonds. The molecule has 5 nitrogen and oxygen atoms in total. The number of benzene rings is 1. The fraction of sp³-hybridized carbons (Fsp3) is 0.462. The van der Waals surface area contributed by atoms with Gasteiger partial charge in [-0.05, 0) is 12.1 Å². The highest BCUT2D eigenvalue weighted by Crippen LogP contribution is 2.24. The average Bonchev–Trinajstić information content (AvgIpc) is 2.46. The molecular formula is C13H17NO4. The van der Waals surface area contributed by atoms with Crippen LogP contribution in [0.25, 0.3) is 0 Å². The molecule has 1 fully saturated rings. The zero-order valence-corrected chi connectivity index (χ0v) is 10.3. The fourth-order valence-electron chi connectivity index (χ4n) is 2.13. The minimum atomic E-state index is -0.367. The maximum Gasteiger partial charge on any atom is 0.339 e. The van der Waals surface area contributed by atoms with Crippen LogP contribution in [0, 0.1) is 0 Å². The van der Waals surface area contributed by atoms with Gasteiger partial charge < -0.3 is 19.5 Å². The van der Waals surface area contributed by atoms with Gasteiger partial charge in [-0.25, -0.2) is 4.79 Å². The molecule has 0 radical (unpaired) electrons. The summed E-state index contributed by atoms with van der Waals surface area (Å²) in [6.07, 6.45) is 0. The van der Waals surface area contributed by atoms with Crippen LogP contribution in [0.2, 0.25) is 0 Å². The molecule has 1 heterocycles. The number of morpholine rings is 1. The third-order valence-electron chi connectivity index (χ3n) is 3.06. The van der Waals surface area contributed by atoms with Gasteiger partial charge >= 0.3 is 5.97 Å². The van der Waals surface area contributed by atoms with Crippen molar-refractivity contribution in [3.05, 3.63) is 29.8 Å². The molecule has 0 aliphatic carbocycles. The number of hydrogen-bond acceptors (Lipinski definition) is 5. The third kappa shape index (κ3) is 2.47. The summed E-state index contributed by atoms with van der Waals surface area (Å²) in [6, 6.07) is 7.13. The van der Waals surface area contributed by atoms with Crippen molar-refractivity contribution in [3.8, 4) is 0 Å². The Morgan fingerprint density at radius 1 is 1.56 bits per heavy atom. The number of carbonyl (C=O) groups is 1. The van der Waals surface area contributed by atoms with Gasteiger partial charge in [0.2, 0.25) is 0 Å². The topological polar surface area (TPSA) is 59.0 Å². The smallest absolute Gasteiger partial charge is 0.339 e. The molecule has 2 rings (SSSR count). The highest BCUT2D eigenvalue weighted by atomic mass is 16.5. The van der Waals surface area contributed by atoms with Crippen molar-refractivity contribution in [1.29, 1.82) is 0 Å². The molecule has 0 aromatic heterocycles. The van der Waals surface area contributed by atoms with E-state index in [1.54, 1.807) is 12.1 Å². The van der Waals surface area contributed by atoms with Gasteiger partial charge in [-0.2, -0.15) is 0 Å². The van der Waals surface area contributed by atoms with Gasteiger partial charge in [-0.1, -0.05) is 12.1 Å². The Labute approximate surface area is 106 Å². The second-order valence-electron chi connectivity index (χ2n) is 4.11. The second kappa shape index (κ2) is 5.84. The first-order valence-electron chi connectivity index (χ1n) is 5.90. The normalized spacial score (nSPS) is 19.7. The molecule has 1 atom stereocenters. The Morgan fingerprint density at radius 2 is 2.33 bits per heavy atom. The van der Waals surface area contributed by atoms with Crippen molar-refractivity contribution in [3.63, 3.8) is 0 Å². The van der Waals surface area contributed by atoms with Crippen molar-refractivity contribution in [2.24, 2.45) is 0 Å². The Kier molecular flexibility index (Phi) is 4.17. The maximum absolute atomic E-state index is 11.7. The van der Waals surface area contributed by atoms with Gasteiger partial charge in [-0.3, -0.25) is 0 Å². The number of aliphatic hydroxyl groups excluding tert-OH is 1. The van der Waals surface area contributed by atoms with Crippen molar-refractivity contribution in [2.75, 3.05) is 38.4 Å². The third-order valence-corrected chi connectivity index (χ3v) is 3.06. The first-order chi connectivity index (χ1) is 8.77. The largest absolute Gasteiger partial charge is 0.465 e. The van der Waals surface area contributed by atoms with Crippen LogP contribution in [0.5, 0.6) is 0 Å². The van der Waals surface area contributed by atoms with Crippen LogP contribution in [0.1, 0.15) is 10.4 Å². The van der Waals surface area contributed by atoms with E-state index in [1.165, 1.54) is 7.11 Å². The van der Waals surface area contributed by atoms with Crippen LogP contribution in [0.3, 0.4) is 0 Å². The van der Waals surface area contributed by atoms with Crippen molar-refractivity contribution >= 4 is 11.7 Å². The van der Waals surface area contributed by atoms with E-state index in [9.17, 15) is 9.90 Å². The van der Waals surface area contributed by atoms with Gasteiger partial charge in [0.15, 0.2) is 0 Å². The Bertz CT molecular complexity index is 421. The van der Waals surface area contributed by atoms with Crippen molar-refractivity contribution in [2.45, 2.75) is 6.04 Å². The quantitative estimate of drug-likeness (QED) is 0.800. The molecule has 1 N–H and O–H groups in total. The zero-order valence-electron chi connectivity index (χ0n) is 10.3. The van der Waals surface area contributed by atoms with Crippen LogP contribution < -0.4 is 4.90 Å². The molecule has 1 aliphatic heterocycles. The zero-order chi connectivity index (χ0) is 13.0. The summed E-state index contributed by atoms with van der Waals surface area (Å²) < 4.78 is 10.1. The first kappa shape index (κ1) is 12.9. The van der Waals surface area contributed by atoms with Crippen LogP contribution in [0.15, 0.2) is 24.3 Å². The summed E-state index contributed by atoms with van der Waals surface area (Å²) in [6.45, 7) is 1.70. The van der Waals surface area contributed by atoms with Gasteiger partial charge in [-0.15, -0.1) is 0 Å². The summed E-state index contributed by atoms with van der Waals surface area (Å²) in [5, 5.41) is 9.37. The number of rotatable bonds is 3. The lowest BCUT2D eigenvalue weighted by Gasteiger charge is -2.37. The lowest BCUT2D eigenvalue weighted by Crippen LogP contribution is -2.48. The van der Waals surface area contributed by atoms with Crippen LogP contribution in [-0.4, -0.2) is 50.6 Å². The van der Waals surface area contributed by atoms with Crippen LogP contribution >= 0.6 is 0 Å². The van der Waals surface area contributed by atoms with E-state index in [1.807, 2.05) is 17.0 Å². The van der Waals surface area contributed by atoms with E-state index in [4.69, 9.17) is 9.47 Å². The number of hydrogen-bond donors (Lipinski definition) is 1. The SMILES string of the molecule is COC(=O)c1ccccc1N1CCOCC1CO. The maximum atomic E-state index is 11.7. The molecule has 1 aromatic rings. The van der Waals surface area contributed by atoms with E-state index in [0.717, 1.165) is 5.69 Å². The molecule has 1 saturated heterocycles. The molecule has 1 aromatic carbocycles. The Balaban J connectivity index is 2.33. The number of nitrogens with zero attached hydrogens (tertiary/aromatic N) is 1. The Hall–Kier alpha value is -1.59. The summed E-state index contributed by atoms with van der Waals surface area (Å²) in [7, 11) is 1.36. The molecular weight excluding hydrogens is 234 g/mol. The molecule has 0 spiro atoms. The number of anilines is 1. The molecule has 5 heteroatoms. The first-order valence-corrected chi connectivity index (χ1v) is 5.90. The number of para-hydroxylation sites is 1. The summed E-state index contributed by atoms with van der Waals surface area (Å²) >= 11 is 0. The molecule has 1 unspecified atom stereocenters. The number of carbonyl (C=O) groups excluding carboxylic acids is 1. The van der Waals surface area contributed by atoms with E-state index in [2.05, 4.69) is 0 Å². The summed E-state index contributed by atoms with van der Waals surface area (Å²) in [4.78, 5) is 13.7. The summed E-state index contributed by atoms with van der Waals surface area (Å²) in [5.41, 5.74) is 1.30. The molecule has 1 aliphatic rings. The number of aliphatic hydroxyl groups is 1. The lowest BCUT2D eigenvalue weighted by atomic mass is 10.1. The van der Waals surface area contributed by atoms with E-state index in [0.29, 0.717) is 25.3 Å². The lowest BCUT2D eigenvalue weighted by molar-refractivity contribution is 0.0593. The molecule has 18 heavy (non-hydrogen) atoms. The predicted octanol–water partition coefficient (Wildman–Crippen LogP) is 0.671. The van der Waals surface area contributed by atoms with E-state index in [-0.39, 0.29) is 18.6 Å². The van der Waals surface area contributed by atoms with Gasteiger partial charge in [0.1, 0.15) is 0 Å². The molecule has 98 valence electrons. The summed E-state index contributed by atoms with van der Waals surface area (Å²) in [5.74, 6) is -0.367. The van der Waals surface area contributed by atoms with E-state index >= 15 is 0 Å². The predicted molar refractivity (Wildman–Crippen MR) is 66.8 cm³/mol. The number of methoxy groups -OCH3 is 1. The monoisotopic (exact) mass is 251 g/mol. The standard InChI is InChI=1S/C13H17NO4/c1-17-13(16)11-4-2-3-5-12(11)14-6-7-18-9-10(14)8-15/h2-5,10,15H,6-9H2,1H3. The van der Waals surface area contributed by atoms with Gasteiger partial charge in [0.25, 0.3) is 0 Å². The van der Waals surface area contributed by atoms with E-state index < -0.39 is 0 Å².